The second-order valence-electron chi connectivity index (χ2n) is 11.8. The Bertz CT molecular complexity index is 1850. The number of rotatable bonds is 13. The summed E-state index contributed by atoms with van der Waals surface area (Å²) in [5.74, 6) is 0.606. The minimum absolute atomic E-state index is 0.101. The first-order valence-corrected chi connectivity index (χ1v) is 16.1. The van der Waals surface area contributed by atoms with Crippen LogP contribution in [0.1, 0.15) is 36.0 Å². The predicted molar refractivity (Wildman–Crippen MR) is 185 cm³/mol. The van der Waals surface area contributed by atoms with Gasteiger partial charge in [-0.25, -0.2) is 0 Å². The number of carbonyl (C=O) groups excluding carboxylic acids is 1. The molecule has 1 N–H and O–H groups in total. The molecule has 0 amide bonds. The lowest BCUT2D eigenvalue weighted by atomic mass is 9.87. The first-order valence-electron chi connectivity index (χ1n) is 16.1. The van der Waals surface area contributed by atoms with Crippen LogP contribution in [0, 0.1) is 0 Å². The molecule has 1 aromatic heterocycles. The maximum absolute atomic E-state index is 14.1. The summed E-state index contributed by atoms with van der Waals surface area (Å²) < 4.78 is 48.5. The van der Waals surface area contributed by atoms with Gasteiger partial charge in [-0.3, -0.25) is 14.8 Å². The molecule has 246 valence electrons. The SMILES string of the molecule is O=C/C=C/[C@@H](N1CCCC1)N(CCOc1ccc(/C(=C(/CC(F)(F)F)c2ccccc2)c2ccc3[nH]ncc3c2)cc1)c1ccccc1. The Hall–Kier alpha value is -5.15. The van der Waals surface area contributed by atoms with Crippen molar-refractivity contribution in [2.45, 2.75) is 31.6 Å². The number of benzene rings is 4. The predicted octanol–water partition coefficient (Wildman–Crippen LogP) is 8.54. The van der Waals surface area contributed by atoms with E-state index in [4.69, 9.17) is 4.74 Å². The fourth-order valence-corrected chi connectivity index (χ4v) is 6.37. The van der Waals surface area contributed by atoms with Crippen LogP contribution in [0.25, 0.3) is 22.0 Å². The number of ether oxygens (including phenoxy) is 1. The van der Waals surface area contributed by atoms with Crippen molar-refractivity contribution in [1.29, 1.82) is 0 Å². The number of allylic oxidation sites excluding steroid dienone is 2. The van der Waals surface area contributed by atoms with Gasteiger partial charge in [-0.1, -0.05) is 66.7 Å². The van der Waals surface area contributed by atoms with Crippen LogP contribution in [0.4, 0.5) is 18.9 Å². The lowest BCUT2D eigenvalue weighted by molar-refractivity contribution is -0.122. The van der Waals surface area contributed by atoms with E-state index >= 15 is 0 Å². The Morgan fingerprint density at radius 3 is 2.27 bits per heavy atom. The normalized spacial score (nSPS) is 15.1. The highest BCUT2D eigenvalue weighted by Gasteiger charge is 2.32. The molecule has 1 fully saturated rings. The van der Waals surface area contributed by atoms with Crippen LogP contribution in [0.5, 0.6) is 5.75 Å². The topological polar surface area (TPSA) is 61.5 Å². The van der Waals surface area contributed by atoms with Crippen molar-refractivity contribution in [2.75, 3.05) is 31.1 Å². The van der Waals surface area contributed by atoms with Crippen LogP contribution >= 0.6 is 0 Å². The van der Waals surface area contributed by atoms with E-state index in [-0.39, 0.29) is 11.7 Å². The number of aromatic nitrogens is 2. The molecule has 1 saturated heterocycles. The Balaban J connectivity index is 1.30. The number of alkyl halides is 3. The van der Waals surface area contributed by atoms with Gasteiger partial charge in [-0.2, -0.15) is 18.3 Å². The molecular weight excluding hydrogens is 613 g/mol. The van der Waals surface area contributed by atoms with E-state index in [1.54, 1.807) is 54.7 Å². The summed E-state index contributed by atoms with van der Waals surface area (Å²) in [4.78, 5) is 15.9. The van der Waals surface area contributed by atoms with Crippen molar-refractivity contribution in [3.05, 3.63) is 138 Å². The summed E-state index contributed by atoms with van der Waals surface area (Å²) in [5, 5.41) is 7.82. The van der Waals surface area contributed by atoms with Gasteiger partial charge in [-0.05, 0) is 89.2 Å². The quantitative estimate of drug-likeness (QED) is 0.0787. The summed E-state index contributed by atoms with van der Waals surface area (Å²) in [6, 6.07) is 31.6. The summed E-state index contributed by atoms with van der Waals surface area (Å²) in [6.07, 6.45) is 2.57. The standard InChI is InChI=1S/C39H37F3N4O2/c40-39(41,42)27-35(29-10-3-1-4-11-29)38(31-17-20-36-32(26-31)28-43-44-36)30-15-18-34(19-16-30)48-25-23-46(33-12-5-2-6-13-33)37(14-9-24-47)45-21-7-8-22-45/h1-6,9-20,24,26,28,37H,7-8,21-23,25,27H2,(H,43,44)/b14-9+,38-35+/t37-/m0/s1. The van der Waals surface area contributed by atoms with Gasteiger partial charge in [0.2, 0.25) is 0 Å². The van der Waals surface area contributed by atoms with Crippen LogP contribution in [-0.4, -0.2) is 60.0 Å². The lowest BCUT2D eigenvalue weighted by Gasteiger charge is -2.37. The molecule has 0 saturated carbocycles. The van der Waals surface area contributed by atoms with Gasteiger partial charge in [0.1, 0.15) is 24.8 Å². The summed E-state index contributed by atoms with van der Waals surface area (Å²) in [6.45, 7) is 2.80. The van der Waals surface area contributed by atoms with Gasteiger partial charge in [0.15, 0.2) is 0 Å². The fourth-order valence-electron chi connectivity index (χ4n) is 6.37. The van der Waals surface area contributed by atoms with E-state index in [1.165, 1.54) is 0 Å². The van der Waals surface area contributed by atoms with E-state index in [0.717, 1.165) is 48.8 Å². The Kier molecular flexibility index (Phi) is 10.4. The number of hydrogen-bond donors (Lipinski definition) is 1. The number of halogens is 3. The molecule has 0 unspecified atom stereocenters. The number of fused-ring (bicyclic) bond motifs is 1. The molecule has 0 spiro atoms. The second-order valence-corrected chi connectivity index (χ2v) is 11.8. The minimum Gasteiger partial charge on any atom is -0.492 e. The van der Waals surface area contributed by atoms with Crippen molar-refractivity contribution in [1.82, 2.24) is 15.1 Å². The van der Waals surface area contributed by atoms with Crippen LogP contribution in [0.2, 0.25) is 0 Å². The summed E-state index contributed by atoms with van der Waals surface area (Å²) in [7, 11) is 0. The van der Waals surface area contributed by atoms with Crippen LogP contribution in [0.3, 0.4) is 0 Å². The van der Waals surface area contributed by atoms with Crippen molar-refractivity contribution in [3.63, 3.8) is 0 Å². The van der Waals surface area contributed by atoms with Gasteiger partial charge in [-0.15, -0.1) is 0 Å². The molecule has 2 heterocycles. The Morgan fingerprint density at radius 2 is 1.58 bits per heavy atom. The van der Waals surface area contributed by atoms with Gasteiger partial charge in [0, 0.05) is 24.2 Å². The highest BCUT2D eigenvalue weighted by molar-refractivity contribution is 6.00. The molecule has 0 radical (unpaired) electrons. The average molecular weight is 651 g/mol. The molecule has 0 aliphatic carbocycles. The van der Waals surface area contributed by atoms with Crippen molar-refractivity contribution < 1.29 is 22.7 Å². The maximum atomic E-state index is 14.1. The smallest absolute Gasteiger partial charge is 0.393 e. The third-order valence-electron chi connectivity index (χ3n) is 8.56. The number of nitrogens with one attached hydrogen (secondary N) is 1. The maximum Gasteiger partial charge on any atom is 0.393 e. The van der Waals surface area contributed by atoms with E-state index in [0.29, 0.717) is 41.2 Å². The third kappa shape index (κ3) is 8.04. The molecule has 4 aromatic carbocycles. The molecule has 6 rings (SSSR count). The first-order chi connectivity index (χ1) is 23.4. The van der Waals surface area contributed by atoms with Crippen molar-refractivity contribution >= 4 is 34.0 Å². The monoisotopic (exact) mass is 650 g/mol. The number of aromatic amines is 1. The zero-order valence-corrected chi connectivity index (χ0v) is 26.4. The van der Waals surface area contributed by atoms with Crippen LogP contribution in [0.15, 0.2) is 121 Å². The molecule has 9 heteroatoms. The first kappa shape index (κ1) is 32.8. The second kappa shape index (κ2) is 15.2. The lowest BCUT2D eigenvalue weighted by Crippen LogP contribution is -2.48. The number of aldehydes is 1. The zero-order valence-electron chi connectivity index (χ0n) is 26.4. The molecule has 1 aliphatic heterocycles. The highest BCUT2D eigenvalue weighted by Crippen LogP contribution is 2.40. The molecule has 48 heavy (non-hydrogen) atoms. The molecule has 0 bridgehead atoms. The minimum atomic E-state index is -4.42. The van der Waals surface area contributed by atoms with Crippen molar-refractivity contribution in [2.24, 2.45) is 0 Å². The Morgan fingerprint density at radius 1 is 0.896 bits per heavy atom. The van der Waals surface area contributed by atoms with Crippen LogP contribution < -0.4 is 9.64 Å². The molecule has 6 nitrogen and oxygen atoms in total. The zero-order chi connectivity index (χ0) is 33.3. The number of anilines is 1. The largest absolute Gasteiger partial charge is 0.492 e. The number of para-hydroxylation sites is 1. The number of likely N-dealkylation sites (tertiary alicyclic amines) is 1. The number of nitrogens with zero attached hydrogens (tertiary/aromatic N) is 3. The van der Waals surface area contributed by atoms with E-state index in [1.807, 2.05) is 66.7 Å². The number of carbonyl (C=O) groups is 1. The van der Waals surface area contributed by atoms with Crippen molar-refractivity contribution in [3.8, 4) is 5.75 Å². The summed E-state index contributed by atoms with van der Waals surface area (Å²) in [5.41, 5.74) is 4.33. The molecular formula is C39H37F3N4O2. The average Bonchev–Trinajstić information content (AvgIpc) is 3.81. The third-order valence-corrected chi connectivity index (χ3v) is 8.56. The number of hydrogen-bond acceptors (Lipinski definition) is 5. The van der Waals surface area contributed by atoms with Gasteiger partial charge in [0.25, 0.3) is 0 Å². The van der Waals surface area contributed by atoms with E-state index in [2.05, 4.69) is 20.0 Å². The van der Waals surface area contributed by atoms with E-state index < -0.39 is 12.6 Å². The van der Waals surface area contributed by atoms with Gasteiger partial charge >= 0.3 is 6.18 Å². The molecule has 1 aliphatic rings. The number of H-pyrrole nitrogens is 1. The molecule has 5 aromatic rings. The summed E-state index contributed by atoms with van der Waals surface area (Å²) >= 11 is 0. The fraction of sp³-hybridized carbons (Fsp3) is 0.231. The Labute approximate surface area is 278 Å². The highest BCUT2D eigenvalue weighted by atomic mass is 19.4. The van der Waals surface area contributed by atoms with Gasteiger partial charge < -0.3 is 9.64 Å². The molecule has 1 atom stereocenters. The van der Waals surface area contributed by atoms with E-state index in [9.17, 15) is 18.0 Å². The van der Waals surface area contributed by atoms with Crippen LogP contribution in [-0.2, 0) is 4.79 Å². The van der Waals surface area contributed by atoms with Gasteiger partial charge in [0.05, 0.1) is 24.7 Å².